The summed E-state index contributed by atoms with van der Waals surface area (Å²) >= 11 is 0. The average molecular weight is 488 g/mol. The number of ketones is 1. The molecule has 4 rings (SSSR count). The quantitative estimate of drug-likeness (QED) is 0.168. The molecule has 1 N–H and O–H groups in total. The summed E-state index contributed by atoms with van der Waals surface area (Å²) < 4.78 is 5.76. The van der Waals surface area contributed by atoms with Gasteiger partial charge in [0.25, 0.3) is 17.4 Å². The zero-order valence-corrected chi connectivity index (χ0v) is 20.0. The maximum Gasteiger partial charge on any atom is 0.295 e. The molecule has 1 aromatic heterocycles. The van der Waals surface area contributed by atoms with Crippen LogP contribution in [0.2, 0.25) is 0 Å². The van der Waals surface area contributed by atoms with Gasteiger partial charge >= 0.3 is 0 Å². The van der Waals surface area contributed by atoms with E-state index in [2.05, 4.69) is 4.98 Å². The van der Waals surface area contributed by atoms with Crippen molar-refractivity contribution in [2.45, 2.75) is 39.5 Å². The van der Waals surface area contributed by atoms with Gasteiger partial charge in [0.1, 0.15) is 11.5 Å². The standard InChI is InChI=1S/C27H25N3O6/c1-16(2)36-22-10-9-20(12-17(22)3)25(31)23-24(19-7-4-8-21(13-19)30(34)35)29(27(33)26(23)32)15-18-6-5-11-28-14-18/h4-14,16,24,31H,15H2,1-3H3/t24-/m1/s1. The highest BCUT2D eigenvalue weighted by atomic mass is 16.6. The molecule has 1 atom stereocenters. The molecule has 0 spiro atoms. The molecule has 9 nitrogen and oxygen atoms in total. The van der Waals surface area contributed by atoms with Crippen molar-refractivity contribution < 1.29 is 24.4 Å². The molecule has 0 saturated carbocycles. The third-order valence-electron chi connectivity index (χ3n) is 5.82. The lowest BCUT2D eigenvalue weighted by molar-refractivity contribution is -0.384. The second-order valence-corrected chi connectivity index (χ2v) is 8.79. The van der Waals surface area contributed by atoms with Gasteiger partial charge in [-0.05, 0) is 61.7 Å². The van der Waals surface area contributed by atoms with E-state index in [-0.39, 0.29) is 29.7 Å². The number of aliphatic hydroxyl groups excluding tert-OH is 1. The molecule has 0 bridgehead atoms. The summed E-state index contributed by atoms with van der Waals surface area (Å²) in [5.74, 6) is -1.41. The predicted molar refractivity (Wildman–Crippen MR) is 132 cm³/mol. The lowest BCUT2D eigenvalue weighted by Crippen LogP contribution is -2.29. The van der Waals surface area contributed by atoms with Gasteiger partial charge in [-0.3, -0.25) is 24.7 Å². The van der Waals surface area contributed by atoms with Gasteiger partial charge < -0.3 is 14.7 Å². The summed E-state index contributed by atoms with van der Waals surface area (Å²) in [5, 5.41) is 22.7. The highest BCUT2D eigenvalue weighted by Crippen LogP contribution is 2.41. The molecule has 184 valence electrons. The van der Waals surface area contributed by atoms with Gasteiger partial charge in [0.2, 0.25) is 0 Å². The molecule has 1 amide bonds. The molecule has 1 saturated heterocycles. The van der Waals surface area contributed by atoms with Gasteiger partial charge in [-0.1, -0.05) is 18.2 Å². The number of nitro benzene ring substituents is 1. The van der Waals surface area contributed by atoms with E-state index in [9.17, 15) is 24.8 Å². The van der Waals surface area contributed by atoms with Gasteiger partial charge in [0, 0.05) is 36.6 Å². The third kappa shape index (κ3) is 4.81. The summed E-state index contributed by atoms with van der Waals surface area (Å²) in [6.45, 7) is 5.64. The zero-order valence-electron chi connectivity index (χ0n) is 20.0. The Morgan fingerprint density at radius 1 is 1.17 bits per heavy atom. The van der Waals surface area contributed by atoms with Gasteiger partial charge in [0.05, 0.1) is 22.6 Å². The van der Waals surface area contributed by atoms with Crippen LogP contribution in [-0.2, 0) is 16.1 Å². The largest absolute Gasteiger partial charge is 0.507 e. The fraction of sp³-hybridized carbons (Fsp3) is 0.222. The summed E-state index contributed by atoms with van der Waals surface area (Å²) in [7, 11) is 0. The Hall–Kier alpha value is -4.53. The molecule has 9 heteroatoms. The van der Waals surface area contributed by atoms with E-state index < -0.39 is 22.7 Å². The summed E-state index contributed by atoms with van der Waals surface area (Å²) in [4.78, 5) is 42.6. The Morgan fingerprint density at radius 3 is 2.58 bits per heavy atom. The van der Waals surface area contributed by atoms with Crippen molar-refractivity contribution >= 4 is 23.1 Å². The van der Waals surface area contributed by atoms with Crippen LogP contribution in [0.4, 0.5) is 5.69 Å². The summed E-state index contributed by atoms with van der Waals surface area (Å²) in [6, 6.07) is 13.1. The molecule has 0 unspecified atom stereocenters. The smallest absolute Gasteiger partial charge is 0.295 e. The second-order valence-electron chi connectivity index (χ2n) is 8.79. The zero-order chi connectivity index (χ0) is 26.0. The van der Waals surface area contributed by atoms with Crippen LogP contribution in [0.1, 0.15) is 42.1 Å². The monoisotopic (exact) mass is 487 g/mol. The lowest BCUT2D eigenvalue weighted by Gasteiger charge is -2.25. The number of hydrogen-bond acceptors (Lipinski definition) is 7. The van der Waals surface area contributed by atoms with Crippen LogP contribution in [0.5, 0.6) is 5.75 Å². The van der Waals surface area contributed by atoms with Crippen LogP contribution in [0.15, 0.2) is 72.6 Å². The van der Waals surface area contributed by atoms with Gasteiger partial charge in [0.15, 0.2) is 0 Å². The number of carbonyl (C=O) groups excluding carboxylic acids is 2. The topological polar surface area (TPSA) is 123 Å². The fourth-order valence-electron chi connectivity index (χ4n) is 4.22. The van der Waals surface area contributed by atoms with Crippen LogP contribution in [0, 0.1) is 17.0 Å². The lowest BCUT2D eigenvalue weighted by atomic mass is 9.94. The van der Waals surface area contributed by atoms with Gasteiger partial charge in [-0.2, -0.15) is 0 Å². The number of benzene rings is 2. The van der Waals surface area contributed by atoms with Crippen molar-refractivity contribution in [3.05, 3.63) is 105 Å². The third-order valence-corrected chi connectivity index (χ3v) is 5.82. The van der Waals surface area contributed by atoms with Crippen molar-refractivity contribution in [3.8, 4) is 5.75 Å². The summed E-state index contributed by atoms with van der Waals surface area (Å²) in [5.41, 5.74) is 1.75. The molecular formula is C27H25N3O6. The minimum atomic E-state index is -1.03. The Balaban J connectivity index is 1.86. The minimum absolute atomic E-state index is 0.0305. The number of pyridine rings is 1. The van der Waals surface area contributed by atoms with E-state index in [0.29, 0.717) is 22.4 Å². The van der Waals surface area contributed by atoms with E-state index >= 15 is 0 Å². The Bertz CT molecular complexity index is 1370. The number of rotatable bonds is 7. The van der Waals surface area contributed by atoms with Crippen LogP contribution in [-0.4, -0.2) is 37.7 Å². The van der Waals surface area contributed by atoms with Crippen molar-refractivity contribution in [2.75, 3.05) is 0 Å². The van der Waals surface area contributed by atoms with Crippen molar-refractivity contribution in [2.24, 2.45) is 0 Å². The maximum absolute atomic E-state index is 13.2. The number of ether oxygens (including phenoxy) is 1. The second kappa shape index (κ2) is 9.99. The normalized spacial score (nSPS) is 17.0. The Labute approximate surface area is 207 Å². The molecule has 0 aliphatic carbocycles. The summed E-state index contributed by atoms with van der Waals surface area (Å²) in [6.07, 6.45) is 3.11. The molecule has 2 heterocycles. The molecule has 0 radical (unpaired) electrons. The average Bonchev–Trinajstić information content (AvgIpc) is 3.10. The number of likely N-dealkylation sites (tertiary alicyclic amines) is 1. The van der Waals surface area contributed by atoms with E-state index in [1.807, 2.05) is 20.8 Å². The molecule has 2 aromatic carbocycles. The van der Waals surface area contributed by atoms with Crippen LogP contribution >= 0.6 is 0 Å². The first-order chi connectivity index (χ1) is 17.2. The molecule has 1 aliphatic heterocycles. The molecule has 1 fully saturated rings. The van der Waals surface area contributed by atoms with Crippen molar-refractivity contribution in [1.29, 1.82) is 0 Å². The van der Waals surface area contributed by atoms with Crippen LogP contribution < -0.4 is 4.74 Å². The molecule has 1 aliphatic rings. The van der Waals surface area contributed by atoms with E-state index in [1.54, 1.807) is 48.8 Å². The van der Waals surface area contributed by atoms with Crippen molar-refractivity contribution in [1.82, 2.24) is 9.88 Å². The number of non-ortho nitro benzene ring substituents is 1. The molecular weight excluding hydrogens is 462 g/mol. The number of amides is 1. The first kappa shape index (κ1) is 24.6. The number of Topliss-reactive ketones (excluding diaryl/α,β-unsaturated/α-hetero) is 1. The first-order valence-corrected chi connectivity index (χ1v) is 11.4. The van der Waals surface area contributed by atoms with E-state index in [0.717, 1.165) is 5.56 Å². The highest BCUT2D eigenvalue weighted by molar-refractivity contribution is 6.46. The first-order valence-electron chi connectivity index (χ1n) is 11.4. The predicted octanol–water partition coefficient (Wildman–Crippen LogP) is 4.71. The van der Waals surface area contributed by atoms with Crippen LogP contribution in [0.3, 0.4) is 0 Å². The molecule has 3 aromatic rings. The van der Waals surface area contributed by atoms with Crippen molar-refractivity contribution in [3.63, 3.8) is 0 Å². The van der Waals surface area contributed by atoms with Gasteiger partial charge in [-0.15, -0.1) is 0 Å². The fourth-order valence-corrected chi connectivity index (χ4v) is 4.22. The minimum Gasteiger partial charge on any atom is -0.507 e. The molecule has 36 heavy (non-hydrogen) atoms. The maximum atomic E-state index is 13.2. The van der Waals surface area contributed by atoms with E-state index in [4.69, 9.17) is 4.74 Å². The Morgan fingerprint density at radius 2 is 1.94 bits per heavy atom. The number of aliphatic hydroxyl groups is 1. The van der Waals surface area contributed by atoms with E-state index in [1.165, 1.54) is 23.1 Å². The number of nitrogens with zero attached hydrogens (tertiary/aromatic N) is 3. The number of aryl methyl sites for hydroxylation is 1. The number of nitro groups is 1. The SMILES string of the molecule is Cc1cc(C(O)=C2C(=O)C(=O)N(Cc3cccnc3)[C@@H]2c2cccc([N+](=O)[O-])c2)ccc1OC(C)C. The van der Waals surface area contributed by atoms with Gasteiger partial charge in [-0.25, -0.2) is 0 Å². The number of aromatic nitrogens is 1. The Kier molecular flexibility index (Phi) is 6.82. The highest BCUT2D eigenvalue weighted by Gasteiger charge is 2.46. The number of carbonyl (C=O) groups is 2. The number of hydrogen-bond donors (Lipinski definition) is 1. The van der Waals surface area contributed by atoms with Crippen LogP contribution in [0.25, 0.3) is 5.76 Å².